The quantitative estimate of drug-likeness (QED) is 0.0262. The van der Waals surface area contributed by atoms with E-state index in [-0.39, 0.29) is 31.1 Å². The van der Waals surface area contributed by atoms with Crippen molar-refractivity contribution in [2.45, 2.75) is 309 Å². The van der Waals surface area contributed by atoms with Crippen LogP contribution in [0, 0.1) is 0 Å². The molecule has 0 aliphatic heterocycles. The Morgan fingerprint density at radius 2 is 0.565 bits per heavy atom. The maximum atomic E-state index is 12.9. The first kappa shape index (κ1) is 66.1. The zero-order valence-corrected chi connectivity index (χ0v) is 45.8. The van der Waals surface area contributed by atoms with Crippen LogP contribution >= 0.6 is 0 Å². The molecule has 0 spiro atoms. The molecule has 1 atom stereocenters. The fourth-order valence-corrected chi connectivity index (χ4v) is 8.55. The highest BCUT2D eigenvalue weighted by atomic mass is 16.6. The normalized spacial score (nSPS) is 12.4. The Hall–Kier alpha value is -2.89. The Morgan fingerprint density at radius 1 is 0.304 bits per heavy atom. The van der Waals surface area contributed by atoms with Gasteiger partial charge in [0.25, 0.3) is 0 Å². The van der Waals surface area contributed by atoms with Crippen LogP contribution in [0.15, 0.2) is 60.8 Å². The molecule has 0 fully saturated rings. The topological polar surface area (TPSA) is 78.9 Å². The van der Waals surface area contributed by atoms with Gasteiger partial charge < -0.3 is 14.2 Å². The van der Waals surface area contributed by atoms with Crippen LogP contribution < -0.4 is 0 Å². The lowest BCUT2D eigenvalue weighted by Gasteiger charge is -2.18. The summed E-state index contributed by atoms with van der Waals surface area (Å²) in [5, 5.41) is 0. The van der Waals surface area contributed by atoms with Crippen LogP contribution in [0.4, 0.5) is 0 Å². The molecular weight excluding hydrogens is 853 g/mol. The van der Waals surface area contributed by atoms with Crippen LogP contribution in [0.2, 0.25) is 0 Å². The highest BCUT2D eigenvalue weighted by Gasteiger charge is 2.19. The van der Waals surface area contributed by atoms with Crippen molar-refractivity contribution in [3.8, 4) is 0 Å². The van der Waals surface area contributed by atoms with E-state index >= 15 is 0 Å². The summed E-state index contributed by atoms with van der Waals surface area (Å²) in [6.45, 7) is 6.54. The molecule has 0 N–H and O–H groups in total. The molecule has 69 heavy (non-hydrogen) atoms. The third-order valence-corrected chi connectivity index (χ3v) is 13.0. The summed E-state index contributed by atoms with van der Waals surface area (Å²) in [5.41, 5.74) is 0. The predicted octanol–water partition coefficient (Wildman–Crippen LogP) is 20.0. The van der Waals surface area contributed by atoms with E-state index in [1.165, 1.54) is 167 Å². The van der Waals surface area contributed by atoms with Crippen molar-refractivity contribution >= 4 is 17.9 Å². The fourth-order valence-electron chi connectivity index (χ4n) is 8.55. The molecule has 0 saturated carbocycles. The van der Waals surface area contributed by atoms with Crippen molar-refractivity contribution < 1.29 is 28.6 Å². The molecule has 0 bridgehead atoms. The molecule has 0 unspecified atom stereocenters. The number of rotatable bonds is 54. The maximum absolute atomic E-state index is 12.9. The number of carbonyl (C=O) groups is 3. The van der Waals surface area contributed by atoms with Crippen molar-refractivity contribution in [2.24, 2.45) is 0 Å². The number of hydrogen-bond acceptors (Lipinski definition) is 6. The molecule has 0 aromatic carbocycles. The van der Waals surface area contributed by atoms with Crippen LogP contribution in [0.25, 0.3) is 0 Å². The minimum Gasteiger partial charge on any atom is -0.462 e. The number of esters is 3. The van der Waals surface area contributed by atoms with Gasteiger partial charge in [-0.15, -0.1) is 0 Å². The molecule has 0 aromatic heterocycles. The highest BCUT2D eigenvalue weighted by molar-refractivity contribution is 5.71. The lowest BCUT2D eigenvalue weighted by molar-refractivity contribution is -0.167. The zero-order chi connectivity index (χ0) is 50.0. The van der Waals surface area contributed by atoms with Crippen molar-refractivity contribution in [2.75, 3.05) is 13.2 Å². The first-order chi connectivity index (χ1) is 34.0. The van der Waals surface area contributed by atoms with Gasteiger partial charge in [-0.25, -0.2) is 0 Å². The van der Waals surface area contributed by atoms with Crippen LogP contribution in [0.1, 0.15) is 303 Å². The van der Waals surface area contributed by atoms with Gasteiger partial charge in [-0.1, -0.05) is 261 Å². The van der Waals surface area contributed by atoms with E-state index in [0.29, 0.717) is 19.3 Å². The van der Waals surface area contributed by atoms with Gasteiger partial charge in [0, 0.05) is 19.3 Å². The summed E-state index contributed by atoms with van der Waals surface area (Å²) in [5.74, 6) is -0.896. The van der Waals surface area contributed by atoms with Gasteiger partial charge in [0.15, 0.2) is 6.10 Å². The Bertz CT molecular complexity index is 1250. The minimum absolute atomic E-state index is 0.0827. The van der Waals surface area contributed by atoms with E-state index in [1.54, 1.807) is 0 Å². The highest BCUT2D eigenvalue weighted by Crippen LogP contribution is 2.16. The molecule has 0 saturated heterocycles. The molecule has 400 valence electrons. The molecule has 0 aromatic rings. The van der Waals surface area contributed by atoms with E-state index < -0.39 is 6.10 Å². The van der Waals surface area contributed by atoms with E-state index in [9.17, 15) is 14.4 Å². The van der Waals surface area contributed by atoms with Crippen LogP contribution in [-0.4, -0.2) is 37.2 Å². The monoisotopic (exact) mass is 965 g/mol. The third-order valence-electron chi connectivity index (χ3n) is 13.0. The first-order valence-corrected chi connectivity index (χ1v) is 29.8. The lowest BCUT2D eigenvalue weighted by Crippen LogP contribution is -2.30. The predicted molar refractivity (Wildman–Crippen MR) is 298 cm³/mol. The lowest BCUT2D eigenvalue weighted by atomic mass is 10.0. The summed E-state index contributed by atoms with van der Waals surface area (Å²) >= 11 is 0. The first-order valence-electron chi connectivity index (χ1n) is 29.8. The number of allylic oxidation sites excluding steroid dienone is 10. The van der Waals surface area contributed by atoms with E-state index in [0.717, 1.165) is 96.3 Å². The van der Waals surface area contributed by atoms with Gasteiger partial charge in [-0.3, -0.25) is 14.4 Å². The number of hydrogen-bond donors (Lipinski definition) is 0. The molecule has 6 nitrogen and oxygen atoms in total. The second-order valence-electron chi connectivity index (χ2n) is 19.9. The molecular formula is C63H112O6. The average molecular weight is 966 g/mol. The van der Waals surface area contributed by atoms with Gasteiger partial charge in [-0.2, -0.15) is 0 Å². The summed E-state index contributed by atoms with van der Waals surface area (Å²) in [7, 11) is 0. The Kier molecular flexibility index (Phi) is 55.3. The van der Waals surface area contributed by atoms with Crippen LogP contribution in [0.5, 0.6) is 0 Å². The van der Waals surface area contributed by atoms with Crippen LogP contribution in [0.3, 0.4) is 0 Å². The third kappa shape index (κ3) is 55.9. The number of unbranched alkanes of at least 4 members (excludes halogenated alkanes) is 33. The van der Waals surface area contributed by atoms with Gasteiger partial charge in [0.05, 0.1) is 0 Å². The Morgan fingerprint density at radius 3 is 0.899 bits per heavy atom. The van der Waals surface area contributed by atoms with Gasteiger partial charge >= 0.3 is 17.9 Å². The van der Waals surface area contributed by atoms with E-state index in [2.05, 4.69) is 81.5 Å². The smallest absolute Gasteiger partial charge is 0.306 e. The minimum atomic E-state index is -0.787. The second kappa shape index (κ2) is 57.7. The van der Waals surface area contributed by atoms with Crippen LogP contribution in [-0.2, 0) is 28.6 Å². The summed E-state index contributed by atoms with van der Waals surface area (Å²) in [6.07, 6.45) is 72.1. The van der Waals surface area contributed by atoms with Gasteiger partial charge in [0.2, 0.25) is 0 Å². The number of ether oxygens (including phenoxy) is 3. The van der Waals surface area contributed by atoms with Crippen molar-refractivity contribution in [3.63, 3.8) is 0 Å². The van der Waals surface area contributed by atoms with E-state index in [4.69, 9.17) is 14.2 Å². The molecule has 6 heteroatoms. The molecule has 0 aliphatic rings. The van der Waals surface area contributed by atoms with Gasteiger partial charge in [0.1, 0.15) is 13.2 Å². The molecule has 0 aliphatic carbocycles. The summed E-state index contributed by atoms with van der Waals surface area (Å²) in [6, 6.07) is 0. The SMILES string of the molecule is CC/C=C\C/C=C\C/C=C\C/C=C\CCCCCCC(=O)O[C@H](COC(=O)CCCCCCCCC/C=C\CCCCCCCC)COC(=O)CCCCCCCCCCCCCCCCCCC. The van der Waals surface area contributed by atoms with Crippen molar-refractivity contribution in [1.29, 1.82) is 0 Å². The zero-order valence-electron chi connectivity index (χ0n) is 45.8. The van der Waals surface area contributed by atoms with Crippen molar-refractivity contribution in [3.05, 3.63) is 60.8 Å². The Balaban J connectivity index is 4.40. The largest absolute Gasteiger partial charge is 0.462 e. The Labute approximate surface area is 428 Å². The molecule has 0 radical (unpaired) electrons. The summed E-state index contributed by atoms with van der Waals surface area (Å²) in [4.78, 5) is 38.2. The molecule has 0 heterocycles. The molecule has 0 rings (SSSR count). The standard InChI is InChI=1S/C63H112O6/c1-4-7-10-13-16-19-22-25-28-31-34-37-40-43-46-49-52-55-61(64)67-58-60(69-63(66)57-54-51-48-45-42-39-36-33-30-27-24-21-18-15-12-9-6-3)59-68-62(65)56-53-50-47-44-41-38-35-32-29-26-23-20-17-14-11-8-5-2/h9,12,18,21,25,27-28,30,36,39,60H,4-8,10-11,13-17,19-20,22-24,26,29,31-35,37-38,40-59H2,1-3H3/b12-9-,21-18-,28-25-,30-27-,39-36-/t60-/m1/s1. The van der Waals surface area contributed by atoms with E-state index in [1.807, 2.05) is 0 Å². The number of carbonyl (C=O) groups excluding carboxylic acids is 3. The maximum Gasteiger partial charge on any atom is 0.306 e. The average Bonchev–Trinajstić information content (AvgIpc) is 3.35. The fraction of sp³-hybridized carbons (Fsp3) is 0.794. The van der Waals surface area contributed by atoms with Gasteiger partial charge in [-0.05, 0) is 83.5 Å². The van der Waals surface area contributed by atoms with Crippen molar-refractivity contribution in [1.82, 2.24) is 0 Å². The second-order valence-corrected chi connectivity index (χ2v) is 19.9. The summed E-state index contributed by atoms with van der Waals surface area (Å²) < 4.78 is 16.9. The molecule has 0 amide bonds.